The molecule has 3 heterocycles. The van der Waals surface area contributed by atoms with Gasteiger partial charge in [0.05, 0.1) is 11.2 Å². The number of nitrogens with zero attached hydrogens (tertiary/aromatic N) is 5. The summed E-state index contributed by atoms with van der Waals surface area (Å²) in [6.45, 7) is 3.96. The summed E-state index contributed by atoms with van der Waals surface area (Å²) in [5.74, 6) is 0.498. The average Bonchev–Trinajstić information content (AvgIpc) is 3.29. The summed E-state index contributed by atoms with van der Waals surface area (Å²) in [6, 6.07) is 3.18. The van der Waals surface area contributed by atoms with E-state index in [1.165, 1.54) is 28.7 Å². The average molecular weight is 343 g/mol. The van der Waals surface area contributed by atoms with Gasteiger partial charge < -0.3 is 10.6 Å². The van der Waals surface area contributed by atoms with Crippen molar-refractivity contribution in [2.24, 2.45) is 0 Å². The van der Waals surface area contributed by atoms with Gasteiger partial charge >= 0.3 is 6.03 Å². The predicted molar refractivity (Wildman–Crippen MR) is 91.1 cm³/mol. The highest BCUT2D eigenvalue weighted by Crippen LogP contribution is 2.26. The molecule has 3 aromatic heterocycles. The summed E-state index contributed by atoms with van der Waals surface area (Å²) in [4.78, 5) is 25.0. The van der Waals surface area contributed by atoms with Crippen molar-refractivity contribution in [3.63, 3.8) is 0 Å². The van der Waals surface area contributed by atoms with Crippen molar-refractivity contribution < 1.29 is 4.79 Å². The summed E-state index contributed by atoms with van der Waals surface area (Å²) in [5.41, 5.74) is 0.00605. The van der Waals surface area contributed by atoms with Crippen LogP contribution in [0.2, 0.25) is 0 Å². The van der Waals surface area contributed by atoms with Gasteiger partial charge in [0.1, 0.15) is 17.7 Å². The number of carbonyl (C=O) groups excluding carboxylic acids is 1. The molecule has 2 N–H and O–H groups in total. The molecule has 0 bridgehead atoms. The third-order valence-corrected chi connectivity index (χ3v) is 4.71. The van der Waals surface area contributed by atoms with Crippen LogP contribution in [0, 0.1) is 0 Å². The van der Waals surface area contributed by atoms with Crippen LogP contribution in [0.1, 0.15) is 25.3 Å². The van der Waals surface area contributed by atoms with Crippen molar-refractivity contribution in [1.29, 1.82) is 0 Å². The molecule has 124 valence electrons. The molecule has 0 spiro atoms. The molecule has 2 amide bonds. The number of nitrogens with one attached hydrogen (secondary N) is 2. The Morgan fingerprint density at radius 1 is 1.38 bits per heavy atom. The number of anilines is 1. The van der Waals surface area contributed by atoms with Crippen molar-refractivity contribution in [3.8, 4) is 5.82 Å². The van der Waals surface area contributed by atoms with E-state index < -0.39 is 5.54 Å². The minimum atomic E-state index is -0.534. The molecule has 1 unspecified atom stereocenters. The van der Waals surface area contributed by atoms with E-state index in [-0.39, 0.29) is 6.03 Å². The molecule has 0 aliphatic carbocycles. The van der Waals surface area contributed by atoms with E-state index >= 15 is 0 Å². The van der Waals surface area contributed by atoms with Gasteiger partial charge in [0, 0.05) is 17.8 Å². The number of thiazole rings is 1. The van der Waals surface area contributed by atoms with E-state index in [1.54, 1.807) is 24.5 Å². The van der Waals surface area contributed by atoms with Crippen molar-refractivity contribution in [2.45, 2.75) is 25.8 Å². The van der Waals surface area contributed by atoms with Crippen LogP contribution in [0.4, 0.5) is 10.5 Å². The maximum atomic E-state index is 12.5. The first-order chi connectivity index (χ1) is 11.6. The Bertz CT molecular complexity index is 803. The van der Waals surface area contributed by atoms with Gasteiger partial charge in [-0.15, -0.1) is 11.3 Å². The molecule has 0 saturated carbocycles. The summed E-state index contributed by atoms with van der Waals surface area (Å²) >= 11 is 1.52. The number of pyridine rings is 1. The Morgan fingerprint density at radius 3 is 2.92 bits per heavy atom. The Balaban J connectivity index is 1.79. The molecule has 0 aromatic carbocycles. The maximum Gasteiger partial charge on any atom is 0.320 e. The fraction of sp³-hybridized carbons (Fsp3) is 0.267. The molecule has 8 nitrogen and oxygen atoms in total. The van der Waals surface area contributed by atoms with E-state index in [1.807, 2.05) is 19.2 Å². The first-order valence-electron chi connectivity index (χ1n) is 7.41. The Morgan fingerprint density at radius 2 is 2.25 bits per heavy atom. The summed E-state index contributed by atoms with van der Waals surface area (Å²) < 4.78 is 1.50. The van der Waals surface area contributed by atoms with E-state index in [4.69, 9.17) is 0 Å². The normalized spacial score (nSPS) is 13.2. The molecule has 3 rings (SSSR count). The standard InChI is InChI=1S/C15H17N7OS/c1-3-15(2,13-18-7-8-24-13)21-14(23)20-11-5-4-6-17-12(11)22-10-16-9-19-22/h4-10H,3H2,1-2H3,(H2,20,21,23). The van der Waals surface area contributed by atoms with Crippen LogP contribution in [0.5, 0.6) is 0 Å². The molecule has 24 heavy (non-hydrogen) atoms. The lowest BCUT2D eigenvalue weighted by atomic mass is 10.0. The minimum Gasteiger partial charge on any atom is -0.326 e. The highest BCUT2D eigenvalue weighted by Gasteiger charge is 2.29. The smallest absolute Gasteiger partial charge is 0.320 e. The molecule has 9 heteroatoms. The minimum absolute atomic E-state index is 0.330. The monoisotopic (exact) mass is 343 g/mol. The highest BCUT2D eigenvalue weighted by atomic mass is 32.1. The SMILES string of the molecule is CCC(C)(NC(=O)Nc1cccnc1-n1cncn1)c1nccs1. The second-order valence-corrected chi connectivity index (χ2v) is 6.21. The second kappa shape index (κ2) is 6.75. The van der Waals surface area contributed by atoms with Gasteiger partial charge in [-0.3, -0.25) is 0 Å². The summed E-state index contributed by atoms with van der Waals surface area (Å²) in [6.07, 6.45) is 7.02. The van der Waals surface area contributed by atoms with Crippen LogP contribution in [0.15, 0.2) is 42.6 Å². The highest BCUT2D eigenvalue weighted by molar-refractivity contribution is 7.09. The number of urea groups is 1. The number of amides is 2. The van der Waals surface area contributed by atoms with Crippen LogP contribution in [0.25, 0.3) is 5.82 Å². The fourth-order valence-corrected chi connectivity index (χ4v) is 3.02. The lowest BCUT2D eigenvalue weighted by molar-refractivity contribution is 0.237. The van der Waals surface area contributed by atoms with Crippen LogP contribution in [0.3, 0.4) is 0 Å². The predicted octanol–water partition coefficient (Wildman–Crippen LogP) is 2.57. The fourth-order valence-electron chi connectivity index (χ4n) is 2.19. The van der Waals surface area contributed by atoms with Gasteiger partial charge in [-0.05, 0) is 25.5 Å². The van der Waals surface area contributed by atoms with Crippen LogP contribution >= 0.6 is 11.3 Å². The molecular formula is C15H17N7OS. The van der Waals surface area contributed by atoms with Gasteiger partial charge in [-0.1, -0.05) is 6.92 Å². The topological polar surface area (TPSA) is 97.6 Å². The molecule has 1 atom stereocenters. The summed E-state index contributed by atoms with van der Waals surface area (Å²) in [5, 5.41) is 12.6. The molecule has 0 saturated heterocycles. The van der Waals surface area contributed by atoms with Crippen molar-refractivity contribution >= 4 is 23.1 Å². The molecule has 3 aromatic rings. The van der Waals surface area contributed by atoms with Crippen molar-refractivity contribution in [1.82, 2.24) is 30.0 Å². The zero-order valence-corrected chi connectivity index (χ0v) is 14.1. The number of aromatic nitrogens is 5. The lowest BCUT2D eigenvalue weighted by Gasteiger charge is -2.27. The first-order valence-corrected chi connectivity index (χ1v) is 8.29. The second-order valence-electron chi connectivity index (χ2n) is 5.32. The number of hydrogen-bond acceptors (Lipinski definition) is 6. The molecular weight excluding hydrogens is 326 g/mol. The van der Waals surface area contributed by atoms with Crippen molar-refractivity contribution in [3.05, 3.63) is 47.6 Å². The Labute approximate surface area is 143 Å². The third-order valence-electron chi connectivity index (χ3n) is 3.67. The molecule has 0 fully saturated rings. The van der Waals surface area contributed by atoms with E-state index in [0.29, 0.717) is 11.5 Å². The van der Waals surface area contributed by atoms with Gasteiger partial charge in [0.25, 0.3) is 0 Å². The summed E-state index contributed by atoms with van der Waals surface area (Å²) in [7, 11) is 0. The van der Waals surface area contributed by atoms with Crippen molar-refractivity contribution in [2.75, 3.05) is 5.32 Å². The molecule has 0 aliphatic heterocycles. The number of carbonyl (C=O) groups is 1. The molecule has 0 aliphatic rings. The van der Waals surface area contributed by atoms with Gasteiger partial charge in [0.15, 0.2) is 5.82 Å². The van der Waals surface area contributed by atoms with E-state index in [0.717, 1.165) is 11.4 Å². The van der Waals surface area contributed by atoms with E-state index in [2.05, 4.69) is 30.7 Å². The number of rotatable bonds is 5. The quantitative estimate of drug-likeness (QED) is 0.742. The van der Waals surface area contributed by atoms with Crippen LogP contribution in [-0.4, -0.2) is 30.8 Å². The largest absolute Gasteiger partial charge is 0.326 e. The first kappa shape index (κ1) is 16.1. The van der Waals surface area contributed by atoms with Crippen LogP contribution < -0.4 is 10.6 Å². The van der Waals surface area contributed by atoms with Gasteiger partial charge in [-0.25, -0.2) is 24.4 Å². The van der Waals surface area contributed by atoms with Crippen LogP contribution in [-0.2, 0) is 5.54 Å². The lowest BCUT2D eigenvalue weighted by Crippen LogP contribution is -2.45. The van der Waals surface area contributed by atoms with E-state index in [9.17, 15) is 4.79 Å². The maximum absolute atomic E-state index is 12.5. The Hall–Kier alpha value is -2.81. The molecule has 0 radical (unpaired) electrons. The number of hydrogen-bond donors (Lipinski definition) is 2. The third kappa shape index (κ3) is 3.25. The van der Waals surface area contributed by atoms with Gasteiger partial charge in [0.2, 0.25) is 0 Å². The Kier molecular flexibility index (Phi) is 4.52. The van der Waals surface area contributed by atoms with Gasteiger partial charge in [-0.2, -0.15) is 5.10 Å². The zero-order chi connectivity index (χ0) is 17.0. The zero-order valence-electron chi connectivity index (χ0n) is 13.3.